The molecule has 1 aliphatic carbocycles. The molecule has 4 rings (SSSR count). The van der Waals surface area contributed by atoms with Crippen molar-refractivity contribution in [3.05, 3.63) is 29.8 Å². The topological polar surface area (TPSA) is 34.3 Å². The van der Waals surface area contributed by atoms with Gasteiger partial charge in [0.15, 0.2) is 0 Å². The fourth-order valence-electron chi connectivity index (χ4n) is 4.48. The van der Waals surface area contributed by atoms with Crippen LogP contribution in [-0.2, 0) is 9.47 Å². The number of ether oxygens (including phenoxy) is 3. The highest BCUT2D eigenvalue weighted by molar-refractivity contribution is 5.29. The number of hydrogen-bond acceptors (Lipinski definition) is 3. The average molecular weight is 359 g/mol. The summed E-state index contributed by atoms with van der Waals surface area (Å²) < 4.78 is 16.8. The molecule has 3 aliphatic rings. The number of rotatable bonds is 10. The van der Waals surface area contributed by atoms with Crippen LogP contribution in [0.2, 0.25) is 0 Å². The predicted molar refractivity (Wildman–Crippen MR) is 104 cm³/mol. The lowest BCUT2D eigenvalue weighted by molar-refractivity contribution is 0.258. The van der Waals surface area contributed by atoms with E-state index in [1.165, 1.54) is 56.9 Å². The van der Waals surface area contributed by atoms with Gasteiger partial charge in [-0.15, -0.1) is 0 Å². The van der Waals surface area contributed by atoms with Crippen molar-refractivity contribution < 1.29 is 14.2 Å². The smallest absolute Gasteiger partial charge is 0.119 e. The van der Waals surface area contributed by atoms with Gasteiger partial charge in [0.1, 0.15) is 18.5 Å². The highest BCUT2D eigenvalue weighted by Gasteiger charge is 2.43. The van der Waals surface area contributed by atoms with Crippen molar-refractivity contribution in [2.45, 2.75) is 88.9 Å². The van der Waals surface area contributed by atoms with Gasteiger partial charge in [0.25, 0.3) is 0 Å². The summed E-state index contributed by atoms with van der Waals surface area (Å²) in [4.78, 5) is 0. The second-order valence-corrected chi connectivity index (χ2v) is 8.50. The summed E-state index contributed by atoms with van der Waals surface area (Å²) in [5, 5.41) is 0. The molecule has 144 valence electrons. The Morgan fingerprint density at radius 2 is 1.77 bits per heavy atom. The van der Waals surface area contributed by atoms with Crippen LogP contribution in [0.3, 0.4) is 0 Å². The Hall–Kier alpha value is -1.06. The fourth-order valence-corrected chi connectivity index (χ4v) is 4.48. The van der Waals surface area contributed by atoms with E-state index in [0.29, 0.717) is 18.8 Å². The number of unbranched alkanes of at least 4 members (excludes halogenated alkanes) is 2. The average Bonchev–Trinajstić information content (AvgIpc) is 3.60. The summed E-state index contributed by atoms with van der Waals surface area (Å²) in [6, 6.07) is 8.84. The lowest BCUT2D eigenvalue weighted by Gasteiger charge is -2.29. The minimum Gasteiger partial charge on any atom is -0.491 e. The molecule has 1 saturated carbocycles. The molecular formula is C23H34O3. The standard InChI is InChI=1S/C23H34O3/c1-2-3-4-5-17-6-8-18(9-7-17)19-10-12-20(13-11-19)25-16-23-22(26-23)14-21-15-24-21/h10-13,17-18,21-23H,2-9,14-16H2,1H3/t17?,18?,21?,22?,23-/m0/s1. The molecule has 3 heteroatoms. The van der Waals surface area contributed by atoms with Crippen LogP contribution in [0.5, 0.6) is 5.75 Å². The first-order chi connectivity index (χ1) is 12.8. The first-order valence-corrected chi connectivity index (χ1v) is 10.8. The van der Waals surface area contributed by atoms with E-state index in [0.717, 1.165) is 30.6 Å². The maximum atomic E-state index is 5.91. The van der Waals surface area contributed by atoms with Gasteiger partial charge in [0, 0.05) is 6.42 Å². The van der Waals surface area contributed by atoms with Gasteiger partial charge in [0.2, 0.25) is 0 Å². The van der Waals surface area contributed by atoms with Crippen molar-refractivity contribution in [3.8, 4) is 5.75 Å². The molecular weight excluding hydrogens is 324 g/mol. The first kappa shape index (κ1) is 18.3. The van der Waals surface area contributed by atoms with E-state index in [-0.39, 0.29) is 6.10 Å². The third-order valence-electron chi connectivity index (χ3n) is 6.41. The predicted octanol–water partition coefficient (Wildman–Crippen LogP) is 5.48. The van der Waals surface area contributed by atoms with Crippen LogP contribution in [0.1, 0.15) is 76.2 Å². The molecule has 2 saturated heterocycles. The molecule has 0 bridgehead atoms. The van der Waals surface area contributed by atoms with E-state index in [2.05, 4.69) is 31.2 Å². The minimum atomic E-state index is 0.266. The van der Waals surface area contributed by atoms with Crippen molar-refractivity contribution in [3.63, 3.8) is 0 Å². The van der Waals surface area contributed by atoms with Crippen molar-refractivity contribution in [2.75, 3.05) is 13.2 Å². The minimum absolute atomic E-state index is 0.266. The molecule has 0 aromatic heterocycles. The highest BCUT2D eigenvalue weighted by Crippen LogP contribution is 2.38. The molecule has 0 spiro atoms. The lowest BCUT2D eigenvalue weighted by Crippen LogP contribution is -2.13. The maximum Gasteiger partial charge on any atom is 0.119 e. The first-order valence-electron chi connectivity index (χ1n) is 10.8. The molecule has 3 nitrogen and oxygen atoms in total. The van der Waals surface area contributed by atoms with E-state index < -0.39 is 0 Å². The summed E-state index contributed by atoms with van der Waals surface area (Å²) in [5.41, 5.74) is 1.50. The van der Waals surface area contributed by atoms with Gasteiger partial charge in [-0.05, 0) is 55.2 Å². The Balaban J connectivity index is 1.16. The van der Waals surface area contributed by atoms with Gasteiger partial charge in [-0.2, -0.15) is 0 Å². The quantitative estimate of drug-likeness (QED) is 0.410. The second kappa shape index (κ2) is 8.75. The van der Waals surface area contributed by atoms with Gasteiger partial charge in [-0.3, -0.25) is 0 Å². The zero-order chi connectivity index (χ0) is 17.8. The summed E-state index contributed by atoms with van der Waals surface area (Å²) in [5.74, 6) is 2.70. The number of hydrogen-bond donors (Lipinski definition) is 0. The Morgan fingerprint density at radius 3 is 2.46 bits per heavy atom. The van der Waals surface area contributed by atoms with Crippen molar-refractivity contribution in [2.24, 2.45) is 5.92 Å². The van der Waals surface area contributed by atoms with Crippen LogP contribution in [0.25, 0.3) is 0 Å². The van der Waals surface area contributed by atoms with E-state index in [9.17, 15) is 0 Å². The molecule has 2 heterocycles. The van der Waals surface area contributed by atoms with E-state index in [1.54, 1.807) is 0 Å². The van der Waals surface area contributed by atoms with Gasteiger partial charge in [0.05, 0.1) is 18.8 Å². The largest absolute Gasteiger partial charge is 0.491 e. The molecule has 3 fully saturated rings. The highest BCUT2D eigenvalue weighted by atomic mass is 16.6. The molecule has 0 amide bonds. The SMILES string of the molecule is CCCCCC1CCC(c2ccc(OC[C@@H]3OC3CC3CO3)cc2)CC1. The van der Waals surface area contributed by atoms with Crippen LogP contribution >= 0.6 is 0 Å². The Morgan fingerprint density at radius 1 is 1.00 bits per heavy atom. The maximum absolute atomic E-state index is 5.91. The van der Waals surface area contributed by atoms with Crippen molar-refractivity contribution in [1.29, 1.82) is 0 Å². The summed E-state index contributed by atoms with van der Waals surface area (Å²) in [7, 11) is 0. The summed E-state index contributed by atoms with van der Waals surface area (Å²) in [6.07, 6.45) is 13.3. The molecule has 2 unspecified atom stereocenters. The molecule has 2 aliphatic heterocycles. The van der Waals surface area contributed by atoms with E-state index in [1.807, 2.05) is 0 Å². The van der Waals surface area contributed by atoms with Gasteiger partial charge >= 0.3 is 0 Å². The van der Waals surface area contributed by atoms with E-state index in [4.69, 9.17) is 14.2 Å². The second-order valence-electron chi connectivity index (χ2n) is 8.50. The molecule has 0 radical (unpaired) electrons. The Labute approximate surface area is 158 Å². The molecule has 0 N–H and O–H groups in total. The Bertz CT molecular complexity index is 543. The molecule has 26 heavy (non-hydrogen) atoms. The summed E-state index contributed by atoms with van der Waals surface area (Å²) in [6.45, 7) is 3.87. The molecule has 3 atom stereocenters. The van der Waals surface area contributed by atoms with Gasteiger partial charge in [-0.25, -0.2) is 0 Å². The number of benzene rings is 1. The fraction of sp³-hybridized carbons (Fsp3) is 0.739. The zero-order valence-electron chi connectivity index (χ0n) is 16.2. The van der Waals surface area contributed by atoms with Gasteiger partial charge < -0.3 is 14.2 Å². The van der Waals surface area contributed by atoms with Crippen LogP contribution in [-0.4, -0.2) is 31.5 Å². The lowest BCUT2D eigenvalue weighted by atomic mass is 9.77. The van der Waals surface area contributed by atoms with E-state index >= 15 is 0 Å². The summed E-state index contributed by atoms with van der Waals surface area (Å²) >= 11 is 0. The Kier molecular flexibility index (Phi) is 6.16. The zero-order valence-corrected chi connectivity index (χ0v) is 16.2. The third kappa shape index (κ3) is 5.23. The van der Waals surface area contributed by atoms with Gasteiger partial charge in [-0.1, -0.05) is 44.7 Å². The van der Waals surface area contributed by atoms with Crippen molar-refractivity contribution in [1.82, 2.24) is 0 Å². The van der Waals surface area contributed by atoms with Crippen LogP contribution in [0, 0.1) is 5.92 Å². The third-order valence-corrected chi connectivity index (χ3v) is 6.41. The van der Waals surface area contributed by atoms with Crippen LogP contribution in [0.4, 0.5) is 0 Å². The van der Waals surface area contributed by atoms with Crippen LogP contribution < -0.4 is 4.74 Å². The molecule has 1 aromatic carbocycles. The van der Waals surface area contributed by atoms with Crippen molar-refractivity contribution >= 4 is 0 Å². The monoisotopic (exact) mass is 358 g/mol. The number of epoxide rings is 2. The normalized spacial score (nSPS) is 33.0. The van der Waals surface area contributed by atoms with Crippen LogP contribution in [0.15, 0.2) is 24.3 Å². The molecule has 1 aromatic rings.